The molecule has 0 amide bonds. The quantitative estimate of drug-likeness (QED) is 0.307. The maximum absolute atomic E-state index is 6.12. The molecule has 8 heteroatoms. The molecular formula is C20H30Cl2IN5. The second-order valence-electron chi connectivity index (χ2n) is 6.89. The zero-order valence-electron chi connectivity index (χ0n) is 17.1. The van der Waals surface area contributed by atoms with Gasteiger partial charge in [0, 0.05) is 38.9 Å². The van der Waals surface area contributed by atoms with Crippen LogP contribution in [-0.2, 0) is 26.7 Å². The number of benzene rings is 1. The van der Waals surface area contributed by atoms with Gasteiger partial charge in [-0.15, -0.1) is 24.0 Å². The van der Waals surface area contributed by atoms with E-state index in [1.807, 2.05) is 17.7 Å². The van der Waals surface area contributed by atoms with Crippen LogP contribution in [0.15, 0.2) is 35.3 Å². The van der Waals surface area contributed by atoms with E-state index in [2.05, 4.69) is 65.7 Å². The predicted octanol–water partition coefficient (Wildman–Crippen LogP) is 4.66. The van der Waals surface area contributed by atoms with Crippen LogP contribution >= 0.6 is 47.2 Å². The zero-order valence-corrected chi connectivity index (χ0v) is 20.9. The highest BCUT2D eigenvalue weighted by molar-refractivity contribution is 14.0. The van der Waals surface area contributed by atoms with Gasteiger partial charge in [0.05, 0.1) is 11.6 Å². The van der Waals surface area contributed by atoms with Gasteiger partial charge < -0.3 is 15.2 Å². The van der Waals surface area contributed by atoms with Crippen molar-refractivity contribution in [2.75, 3.05) is 14.1 Å². The first kappa shape index (κ1) is 25.1. The van der Waals surface area contributed by atoms with Crippen molar-refractivity contribution in [3.63, 3.8) is 0 Å². The number of rotatable bonds is 7. The van der Waals surface area contributed by atoms with Crippen LogP contribution in [0.4, 0.5) is 0 Å². The minimum Gasteiger partial charge on any atom is -0.352 e. The van der Waals surface area contributed by atoms with Crippen molar-refractivity contribution in [2.24, 2.45) is 12.0 Å². The molecule has 0 saturated carbocycles. The van der Waals surface area contributed by atoms with Gasteiger partial charge in [0.15, 0.2) is 5.96 Å². The molecule has 2 aromatic rings. The van der Waals surface area contributed by atoms with Crippen molar-refractivity contribution >= 4 is 53.1 Å². The van der Waals surface area contributed by atoms with E-state index in [0.29, 0.717) is 29.3 Å². The van der Waals surface area contributed by atoms with Gasteiger partial charge in [-0.05, 0) is 38.1 Å². The van der Waals surface area contributed by atoms with E-state index >= 15 is 0 Å². The first-order valence-corrected chi connectivity index (χ1v) is 9.80. The molecular weight excluding hydrogens is 508 g/mol. The fourth-order valence-electron chi connectivity index (χ4n) is 2.67. The van der Waals surface area contributed by atoms with Gasteiger partial charge in [-0.25, -0.2) is 0 Å². The van der Waals surface area contributed by atoms with E-state index in [1.54, 1.807) is 7.05 Å². The van der Waals surface area contributed by atoms with Crippen LogP contribution in [0, 0.1) is 0 Å². The number of nitrogens with zero attached hydrogens (tertiary/aromatic N) is 3. The van der Waals surface area contributed by atoms with Crippen LogP contribution < -0.4 is 10.6 Å². The molecule has 1 aromatic heterocycles. The van der Waals surface area contributed by atoms with Gasteiger partial charge in [0.2, 0.25) is 0 Å². The molecule has 1 heterocycles. The molecule has 0 aliphatic heterocycles. The Morgan fingerprint density at radius 2 is 1.75 bits per heavy atom. The molecule has 2 rings (SSSR count). The number of halogens is 3. The molecule has 0 unspecified atom stereocenters. The molecule has 0 bridgehead atoms. The lowest BCUT2D eigenvalue weighted by Crippen LogP contribution is -2.37. The summed E-state index contributed by atoms with van der Waals surface area (Å²) in [6, 6.07) is 10.9. The number of aliphatic imine (C=N–C) groups is 1. The third-order valence-corrected chi connectivity index (χ3v) is 5.58. The van der Waals surface area contributed by atoms with E-state index in [-0.39, 0.29) is 24.0 Å². The summed E-state index contributed by atoms with van der Waals surface area (Å²) in [6.45, 7) is 6.61. The SMILES string of the molecule is CN=C(NCc1ccccc1CN(C)C(C)C)NCc1cc(Cl)c(Cl)n1C.I. The zero-order chi connectivity index (χ0) is 20.0. The molecule has 0 atom stereocenters. The Hall–Kier alpha value is -0.960. The van der Waals surface area contributed by atoms with Crippen molar-refractivity contribution in [1.29, 1.82) is 0 Å². The van der Waals surface area contributed by atoms with Gasteiger partial charge >= 0.3 is 0 Å². The second kappa shape index (κ2) is 11.9. The number of guanidine groups is 1. The molecule has 0 radical (unpaired) electrons. The van der Waals surface area contributed by atoms with E-state index in [1.165, 1.54) is 11.1 Å². The number of aromatic nitrogens is 1. The van der Waals surface area contributed by atoms with E-state index in [0.717, 1.165) is 18.2 Å². The molecule has 0 aliphatic carbocycles. The highest BCUT2D eigenvalue weighted by atomic mass is 127. The summed E-state index contributed by atoms with van der Waals surface area (Å²) in [7, 11) is 5.80. The fraction of sp³-hybridized carbons (Fsp3) is 0.450. The molecule has 0 aliphatic rings. The van der Waals surface area contributed by atoms with E-state index in [4.69, 9.17) is 23.2 Å². The summed E-state index contributed by atoms with van der Waals surface area (Å²) in [5.41, 5.74) is 3.57. The van der Waals surface area contributed by atoms with Crippen LogP contribution in [0.25, 0.3) is 0 Å². The second-order valence-corrected chi connectivity index (χ2v) is 7.66. The molecule has 1 aromatic carbocycles. The highest BCUT2D eigenvalue weighted by Crippen LogP contribution is 2.24. The maximum atomic E-state index is 6.12. The molecule has 156 valence electrons. The normalized spacial score (nSPS) is 11.7. The first-order chi connectivity index (χ1) is 12.8. The van der Waals surface area contributed by atoms with Crippen LogP contribution in [0.2, 0.25) is 10.2 Å². The van der Waals surface area contributed by atoms with Gasteiger partial charge in [-0.2, -0.15) is 0 Å². The summed E-state index contributed by atoms with van der Waals surface area (Å²) in [6.07, 6.45) is 0. The minimum absolute atomic E-state index is 0. The monoisotopic (exact) mass is 537 g/mol. The average molecular weight is 538 g/mol. The number of hydrogen-bond acceptors (Lipinski definition) is 2. The van der Waals surface area contributed by atoms with Gasteiger partial charge in [-0.1, -0.05) is 47.5 Å². The third kappa shape index (κ3) is 6.83. The Bertz CT molecular complexity index is 789. The lowest BCUT2D eigenvalue weighted by Gasteiger charge is -2.23. The standard InChI is InChI=1S/C20H29Cl2N5.HI/c1-14(2)26(4)13-16-9-7-6-8-15(16)11-24-20(23-3)25-12-17-10-18(21)19(22)27(17)5;/h6-10,14H,11-13H2,1-5H3,(H2,23,24,25);1H. The van der Waals surface area contributed by atoms with E-state index < -0.39 is 0 Å². The molecule has 2 N–H and O–H groups in total. The third-order valence-electron chi connectivity index (χ3n) is 4.74. The van der Waals surface area contributed by atoms with Crippen molar-refractivity contribution in [3.8, 4) is 0 Å². The van der Waals surface area contributed by atoms with Gasteiger partial charge in [0.1, 0.15) is 5.15 Å². The molecule has 0 saturated heterocycles. The van der Waals surface area contributed by atoms with Crippen LogP contribution in [0.3, 0.4) is 0 Å². The summed E-state index contributed by atoms with van der Waals surface area (Å²) in [5.74, 6) is 0.732. The Balaban J connectivity index is 0.00000392. The van der Waals surface area contributed by atoms with Crippen molar-refractivity contribution < 1.29 is 0 Å². The maximum Gasteiger partial charge on any atom is 0.191 e. The van der Waals surface area contributed by atoms with Crippen LogP contribution in [0.1, 0.15) is 30.7 Å². The molecule has 28 heavy (non-hydrogen) atoms. The Morgan fingerprint density at radius 3 is 2.29 bits per heavy atom. The Labute approximate surface area is 195 Å². The minimum atomic E-state index is 0. The molecule has 0 fully saturated rings. The largest absolute Gasteiger partial charge is 0.352 e. The van der Waals surface area contributed by atoms with Crippen molar-refractivity contribution in [2.45, 2.75) is 39.5 Å². The van der Waals surface area contributed by atoms with E-state index in [9.17, 15) is 0 Å². The summed E-state index contributed by atoms with van der Waals surface area (Å²) >= 11 is 12.2. The summed E-state index contributed by atoms with van der Waals surface area (Å²) in [5, 5.41) is 7.79. The Morgan fingerprint density at radius 1 is 1.14 bits per heavy atom. The lowest BCUT2D eigenvalue weighted by molar-refractivity contribution is 0.265. The topological polar surface area (TPSA) is 44.6 Å². The highest BCUT2D eigenvalue weighted by Gasteiger charge is 2.11. The summed E-state index contributed by atoms with van der Waals surface area (Å²) < 4.78 is 1.86. The smallest absolute Gasteiger partial charge is 0.191 e. The Kier molecular flexibility index (Phi) is 10.7. The van der Waals surface area contributed by atoms with Crippen molar-refractivity contribution in [3.05, 3.63) is 57.3 Å². The number of hydrogen-bond donors (Lipinski definition) is 2. The van der Waals surface area contributed by atoms with Gasteiger partial charge in [-0.3, -0.25) is 9.89 Å². The fourth-order valence-corrected chi connectivity index (χ4v) is 3.08. The van der Waals surface area contributed by atoms with Gasteiger partial charge in [0.25, 0.3) is 0 Å². The summed E-state index contributed by atoms with van der Waals surface area (Å²) in [4.78, 5) is 6.63. The average Bonchev–Trinajstić information content (AvgIpc) is 2.89. The molecule has 5 nitrogen and oxygen atoms in total. The van der Waals surface area contributed by atoms with Crippen LogP contribution in [-0.4, -0.2) is 35.6 Å². The first-order valence-electron chi connectivity index (χ1n) is 9.04. The predicted molar refractivity (Wildman–Crippen MR) is 131 cm³/mol. The lowest BCUT2D eigenvalue weighted by atomic mass is 10.1. The molecule has 0 spiro atoms. The van der Waals surface area contributed by atoms with Crippen molar-refractivity contribution in [1.82, 2.24) is 20.1 Å². The van der Waals surface area contributed by atoms with Crippen LogP contribution in [0.5, 0.6) is 0 Å². The number of nitrogens with one attached hydrogen (secondary N) is 2.